The Morgan fingerprint density at radius 1 is 0.971 bits per heavy atom. The summed E-state index contributed by atoms with van der Waals surface area (Å²) in [5, 5.41) is 0. The zero-order valence-corrected chi connectivity index (χ0v) is 20.4. The van der Waals surface area contributed by atoms with E-state index >= 15 is 0 Å². The Balaban J connectivity index is 1.44. The van der Waals surface area contributed by atoms with Crippen LogP contribution in [0.15, 0.2) is 72.8 Å². The lowest BCUT2D eigenvalue weighted by molar-refractivity contribution is -0.131. The van der Waals surface area contributed by atoms with Crippen molar-refractivity contribution in [3.63, 3.8) is 0 Å². The third-order valence-corrected chi connectivity index (χ3v) is 6.87. The first-order valence-corrected chi connectivity index (χ1v) is 12.0. The first-order chi connectivity index (χ1) is 16.9. The van der Waals surface area contributed by atoms with Gasteiger partial charge in [-0.15, -0.1) is 0 Å². The fraction of sp³-hybridized carbons (Fsp3) is 0.276. The van der Waals surface area contributed by atoms with Crippen molar-refractivity contribution in [3.05, 3.63) is 95.3 Å². The summed E-state index contributed by atoms with van der Waals surface area (Å²) in [6.45, 7) is 5.37. The van der Waals surface area contributed by atoms with Gasteiger partial charge in [0.05, 0.1) is 11.0 Å². The van der Waals surface area contributed by atoms with Gasteiger partial charge in [-0.1, -0.05) is 60.7 Å². The Kier molecular flexibility index (Phi) is 6.12. The molecule has 0 saturated carbocycles. The van der Waals surface area contributed by atoms with Crippen molar-refractivity contribution in [3.8, 4) is 0 Å². The average molecular weight is 467 g/mol. The van der Waals surface area contributed by atoms with Crippen LogP contribution in [0.5, 0.6) is 0 Å². The number of rotatable bonds is 6. The van der Waals surface area contributed by atoms with Gasteiger partial charge in [-0.25, -0.2) is 4.98 Å². The quantitative estimate of drug-likeness (QED) is 0.409. The summed E-state index contributed by atoms with van der Waals surface area (Å²) in [5.74, 6) is 0.823. The Labute approximate surface area is 205 Å². The Morgan fingerprint density at radius 2 is 1.66 bits per heavy atom. The molecule has 1 aromatic heterocycles. The number of aromatic nitrogens is 2. The van der Waals surface area contributed by atoms with Crippen LogP contribution >= 0.6 is 0 Å². The van der Waals surface area contributed by atoms with Crippen LogP contribution in [0.3, 0.4) is 0 Å². The molecule has 6 nitrogen and oxygen atoms in total. The number of amides is 2. The van der Waals surface area contributed by atoms with Crippen LogP contribution in [-0.2, 0) is 22.7 Å². The summed E-state index contributed by atoms with van der Waals surface area (Å²) in [5.41, 5.74) is 6.02. The van der Waals surface area contributed by atoms with Crippen LogP contribution < -0.4 is 4.90 Å². The largest absolute Gasteiger partial charge is 0.340 e. The minimum absolute atomic E-state index is 0.00850. The molecule has 1 aliphatic heterocycles. The van der Waals surface area contributed by atoms with Crippen molar-refractivity contribution < 1.29 is 9.59 Å². The van der Waals surface area contributed by atoms with Gasteiger partial charge in [-0.05, 0) is 42.7 Å². The number of aryl methyl sites for hydroxylation is 2. The van der Waals surface area contributed by atoms with Gasteiger partial charge in [0, 0.05) is 38.2 Å². The molecule has 4 aromatic rings. The minimum Gasteiger partial charge on any atom is -0.340 e. The molecule has 0 spiro atoms. The molecule has 3 aromatic carbocycles. The van der Waals surface area contributed by atoms with E-state index in [1.807, 2.05) is 103 Å². The number of hydrogen-bond acceptors (Lipinski definition) is 3. The van der Waals surface area contributed by atoms with Crippen LogP contribution in [0.1, 0.15) is 34.9 Å². The van der Waals surface area contributed by atoms with E-state index in [0.29, 0.717) is 19.5 Å². The number of likely N-dealkylation sites (N-methyl/N-ethyl adjacent to an activating group) is 1. The second kappa shape index (κ2) is 9.37. The Hall–Kier alpha value is -3.93. The molecule has 1 saturated heterocycles. The topological polar surface area (TPSA) is 58.4 Å². The van der Waals surface area contributed by atoms with Gasteiger partial charge in [0.15, 0.2) is 0 Å². The van der Waals surface area contributed by atoms with Crippen LogP contribution in [0, 0.1) is 13.8 Å². The molecule has 35 heavy (non-hydrogen) atoms. The standard InChI is InChI=1S/C29H30N4O2/c1-20-10-9-11-21(2)28(20)33-18-23(16-26(33)34)29-30-24-14-7-8-15-25(24)32(29)19-27(35)31(3)17-22-12-5-4-6-13-22/h4-15,23H,16-19H2,1-3H3. The average Bonchev–Trinajstić information content (AvgIpc) is 3.40. The van der Waals surface area contributed by atoms with Gasteiger partial charge < -0.3 is 14.4 Å². The molecule has 1 atom stereocenters. The highest BCUT2D eigenvalue weighted by Crippen LogP contribution is 2.36. The number of benzene rings is 3. The molecule has 6 heteroatoms. The van der Waals surface area contributed by atoms with Gasteiger partial charge in [0.2, 0.25) is 11.8 Å². The van der Waals surface area contributed by atoms with E-state index in [9.17, 15) is 9.59 Å². The second-order valence-corrected chi connectivity index (χ2v) is 9.43. The van der Waals surface area contributed by atoms with E-state index in [1.165, 1.54) is 0 Å². The van der Waals surface area contributed by atoms with E-state index in [1.54, 1.807) is 4.90 Å². The highest BCUT2D eigenvalue weighted by Gasteiger charge is 2.36. The maximum Gasteiger partial charge on any atom is 0.242 e. The fourth-order valence-corrected chi connectivity index (χ4v) is 5.10. The minimum atomic E-state index is -0.0823. The highest BCUT2D eigenvalue weighted by molar-refractivity contribution is 5.98. The molecule has 0 radical (unpaired) electrons. The molecule has 1 aliphatic rings. The first-order valence-electron chi connectivity index (χ1n) is 12.0. The predicted octanol–water partition coefficient (Wildman–Crippen LogP) is 4.83. The van der Waals surface area contributed by atoms with Crippen molar-refractivity contribution in [1.82, 2.24) is 14.5 Å². The molecule has 0 aliphatic carbocycles. The highest BCUT2D eigenvalue weighted by atomic mass is 16.2. The van der Waals surface area contributed by atoms with Crippen LogP contribution in [-0.4, -0.2) is 39.9 Å². The van der Waals surface area contributed by atoms with Crippen LogP contribution in [0.4, 0.5) is 5.69 Å². The molecule has 178 valence electrons. The fourth-order valence-electron chi connectivity index (χ4n) is 5.10. The van der Waals surface area contributed by atoms with E-state index in [-0.39, 0.29) is 24.3 Å². The number of carbonyl (C=O) groups excluding carboxylic acids is 2. The molecule has 2 heterocycles. The molecule has 5 rings (SSSR count). The molecular formula is C29H30N4O2. The Morgan fingerprint density at radius 3 is 2.40 bits per heavy atom. The van der Waals surface area contributed by atoms with E-state index in [2.05, 4.69) is 0 Å². The summed E-state index contributed by atoms with van der Waals surface area (Å²) in [7, 11) is 1.83. The smallest absolute Gasteiger partial charge is 0.242 e. The monoisotopic (exact) mass is 466 g/mol. The first kappa shape index (κ1) is 22.8. The third-order valence-electron chi connectivity index (χ3n) is 6.87. The number of fused-ring (bicyclic) bond motifs is 1. The molecule has 0 bridgehead atoms. The van der Waals surface area contributed by atoms with Crippen LogP contribution in [0.2, 0.25) is 0 Å². The lowest BCUT2D eigenvalue weighted by Gasteiger charge is -2.22. The molecule has 0 N–H and O–H groups in total. The molecule has 1 fully saturated rings. The second-order valence-electron chi connectivity index (χ2n) is 9.43. The summed E-state index contributed by atoms with van der Waals surface area (Å²) in [6, 6.07) is 24.0. The SMILES string of the molecule is Cc1cccc(C)c1N1CC(c2nc3ccccc3n2CC(=O)N(C)Cc2ccccc2)CC1=O. The molecule has 2 amide bonds. The zero-order valence-electron chi connectivity index (χ0n) is 20.4. The molecular weight excluding hydrogens is 436 g/mol. The maximum atomic E-state index is 13.3. The number of imidazole rings is 1. The van der Waals surface area contributed by atoms with Gasteiger partial charge in [0.25, 0.3) is 0 Å². The number of hydrogen-bond donors (Lipinski definition) is 0. The molecule has 1 unspecified atom stereocenters. The number of anilines is 1. The number of para-hydroxylation sites is 3. The van der Waals surface area contributed by atoms with Crippen molar-refractivity contribution in [2.75, 3.05) is 18.5 Å². The van der Waals surface area contributed by atoms with Crippen LogP contribution in [0.25, 0.3) is 11.0 Å². The summed E-state index contributed by atoms with van der Waals surface area (Å²) in [6.07, 6.45) is 0.380. The summed E-state index contributed by atoms with van der Waals surface area (Å²) >= 11 is 0. The Bertz CT molecular complexity index is 1370. The number of carbonyl (C=O) groups is 2. The van der Waals surface area contributed by atoms with Gasteiger partial charge in [-0.2, -0.15) is 0 Å². The van der Waals surface area contributed by atoms with Gasteiger partial charge >= 0.3 is 0 Å². The lowest BCUT2D eigenvalue weighted by atomic mass is 10.1. The zero-order chi connectivity index (χ0) is 24.5. The normalized spacial score (nSPS) is 15.7. The van der Waals surface area contributed by atoms with Crippen molar-refractivity contribution in [1.29, 1.82) is 0 Å². The van der Waals surface area contributed by atoms with Crippen molar-refractivity contribution in [2.24, 2.45) is 0 Å². The number of nitrogens with zero attached hydrogens (tertiary/aromatic N) is 4. The third kappa shape index (κ3) is 4.44. The van der Waals surface area contributed by atoms with Gasteiger partial charge in [-0.3, -0.25) is 9.59 Å². The summed E-state index contributed by atoms with van der Waals surface area (Å²) in [4.78, 5) is 35.0. The van der Waals surface area contributed by atoms with E-state index < -0.39 is 0 Å². The van der Waals surface area contributed by atoms with Crippen molar-refractivity contribution >= 4 is 28.5 Å². The maximum absolute atomic E-state index is 13.3. The summed E-state index contributed by atoms with van der Waals surface area (Å²) < 4.78 is 2.01. The van der Waals surface area contributed by atoms with Gasteiger partial charge in [0.1, 0.15) is 12.4 Å². The van der Waals surface area contributed by atoms with Crippen molar-refractivity contribution in [2.45, 2.75) is 39.3 Å². The lowest BCUT2D eigenvalue weighted by Crippen LogP contribution is -2.31. The van der Waals surface area contributed by atoms with E-state index in [4.69, 9.17) is 4.98 Å². The predicted molar refractivity (Wildman–Crippen MR) is 138 cm³/mol. The van der Waals surface area contributed by atoms with E-state index in [0.717, 1.165) is 39.2 Å².